The molecule has 0 atom stereocenters. The summed E-state index contributed by atoms with van der Waals surface area (Å²) in [5.74, 6) is -2.20. The molecule has 0 aliphatic rings. The average Bonchev–Trinajstić information content (AvgIpc) is 2.56. The van der Waals surface area contributed by atoms with Gasteiger partial charge in [-0.1, -0.05) is 12.1 Å². The minimum atomic E-state index is -4.19. The van der Waals surface area contributed by atoms with Crippen molar-refractivity contribution in [3.05, 3.63) is 54.1 Å². The van der Waals surface area contributed by atoms with Crippen molar-refractivity contribution in [1.29, 1.82) is 0 Å². The largest absolute Gasteiger partial charge is 0.495 e. The van der Waals surface area contributed by atoms with E-state index in [1.807, 2.05) is 0 Å². The second-order valence-corrected chi connectivity index (χ2v) is 7.10. The number of ether oxygens (including phenoxy) is 1. The van der Waals surface area contributed by atoms with Crippen molar-refractivity contribution in [3.63, 3.8) is 0 Å². The van der Waals surface area contributed by atoms with Gasteiger partial charge >= 0.3 is 0 Å². The van der Waals surface area contributed by atoms with E-state index in [0.717, 1.165) is 29.6 Å². The van der Waals surface area contributed by atoms with E-state index >= 15 is 0 Å². The Morgan fingerprint density at radius 3 is 2.52 bits per heavy atom. The van der Waals surface area contributed by atoms with E-state index in [9.17, 15) is 22.0 Å². The molecule has 9 heteroatoms. The van der Waals surface area contributed by atoms with E-state index < -0.39 is 39.0 Å². The number of carbonyl (C=O) groups excluding carboxylic acids is 1. The maximum absolute atomic E-state index is 13.5. The lowest BCUT2D eigenvalue weighted by Gasteiger charge is -2.18. The molecule has 2 rings (SSSR count). The predicted octanol–water partition coefficient (Wildman–Crippen LogP) is 2.23. The van der Waals surface area contributed by atoms with Crippen LogP contribution in [0, 0.1) is 11.6 Å². The minimum absolute atomic E-state index is 0.0530. The van der Waals surface area contributed by atoms with E-state index in [2.05, 4.69) is 5.32 Å². The molecule has 0 bridgehead atoms. The maximum atomic E-state index is 13.5. The van der Waals surface area contributed by atoms with Crippen LogP contribution >= 0.6 is 0 Å². The fourth-order valence-corrected chi connectivity index (χ4v) is 3.35. The number of hydrogen-bond acceptors (Lipinski definition) is 4. The summed E-state index contributed by atoms with van der Waals surface area (Å²) >= 11 is 0. The van der Waals surface area contributed by atoms with Crippen LogP contribution in [0.3, 0.4) is 0 Å². The number of rotatable bonds is 6. The second kappa shape index (κ2) is 7.58. The topological polar surface area (TPSA) is 75.7 Å². The summed E-state index contributed by atoms with van der Waals surface area (Å²) < 4.78 is 57.7. The molecule has 2 aromatic carbocycles. The van der Waals surface area contributed by atoms with Gasteiger partial charge in [-0.25, -0.2) is 17.2 Å². The number of anilines is 1. The lowest BCUT2D eigenvalue weighted by atomic mass is 10.3. The van der Waals surface area contributed by atoms with Crippen molar-refractivity contribution in [2.75, 3.05) is 26.0 Å². The van der Waals surface area contributed by atoms with E-state index in [-0.39, 0.29) is 11.4 Å². The van der Waals surface area contributed by atoms with Crippen LogP contribution in [0.15, 0.2) is 47.4 Å². The summed E-state index contributed by atoms with van der Waals surface area (Å²) in [5.41, 5.74) is -0.0679. The van der Waals surface area contributed by atoms with E-state index in [1.165, 1.54) is 31.4 Å². The average molecular weight is 370 g/mol. The molecule has 0 aromatic heterocycles. The molecule has 0 heterocycles. The highest BCUT2D eigenvalue weighted by molar-refractivity contribution is 7.89. The number of halogens is 2. The first-order valence-electron chi connectivity index (χ1n) is 7.10. The van der Waals surface area contributed by atoms with Crippen LogP contribution in [-0.2, 0) is 14.8 Å². The number of benzene rings is 2. The number of nitrogens with zero attached hydrogens (tertiary/aromatic N) is 1. The highest BCUT2D eigenvalue weighted by Gasteiger charge is 2.27. The van der Waals surface area contributed by atoms with Gasteiger partial charge in [-0.3, -0.25) is 4.79 Å². The Morgan fingerprint density at radius 2 is 1.88 bits per heavy atom. The molecule has 0 aliphatic carbocycles. The van der Waals surface area contributed by atoms with Gasteiger partial charge in [0.05, 0.1) is 19.3 Å². The van der Waals surface area contributed by atoms with Gasteiger partial charge in [-0.15, -0.1) is 0 Å². The van der Waals surface area contributed by atoms with Crippen molar-refractivity contribution in [1.82, 2.24) is 4.31 Å². The molecule has 6 nitrogen and oxygen atoms in total. The zero-order chi connectivity index (χ0) is 18.6. The monoisotopic (exact) mass is 370 g/mol. The number of carbonyl (C=O) groups is 1. The minimum Gasteiger partial charge on any atom is -0.495 e. The first-order chi connectivity index (χ1) is 11.8. The van der Waals surface area contributed by atoms with Gasteiger partial charge in [-0.05, 0) is 30.3 Å². The lowest BCUT2D eigenvalue weighted by molar-refractivity contribution is -0.116. The molecule has 0 aliphatic heterocycles. The summed E-state index contributed by atoms with van der Waals surface area (Å²) in [5, 5.41) is 2.28. The molecule has 0 fully saturated rings. The molecule has 0 spiro atoms. The van der Waals surface area contributed by atoms with E-state index in [1.54, 1.807) is 0 Å². The Morgan fingerprint density at radius 1 is 1.20 bits per heavy atom. The molecule has 134 valence electrons. The zero-order valence-electron chi connectivity index (χ0n) is 13.5. The molecule has 1 amide bonds. The molecule has 0 saturated carbocycles. The Bertz CT molecular complexity index is 887. The van der Waals surface area contributed by atoms with Gasteiger partial charge in [0.25, 0.3) is 0 Å². The number of amides is 1. The molecule has 0 radical (unpaired) electrons. The van der Waals surface area contributed by atoms with Gasteiger partial charge in [0.2, 0.25) is 15.9 Å². The normalized spacial score (nSPS) is 11.4. The van der Waals surface area contributed by atoms with Crippen molar-refractivity contribution < 1.29 is 26.7 Å². The lowest BCUT2D eigenvalue weighted by Crippen LogP contribution is -2.35. The number of para-hydroxylation sites is 1. The number of likely N-dealkylation sites (N-methyl/N-ethyl adjacent to an activating group) is 1. The van der Waals surface area contributed by atoms with Crippen LogP contribution in [0.4, 0.5) is 14.5 Å². The van der Waals surface area contributed by atoms with E-state index in [0.29, 0.717) is 0 Å². The Kier molecular flexibility index (Phi) is 5.70. The van der Waals surface area contributed by atoms with Gasteiger partial charge in [0, 0.05) is 7.05 Å². The van der Waals surface area contributed by atoms with Crippen molar-refractivity contribution >= 4 is 21.6 Å². The molecule has 25 heavy (non-hydrogen) atoms. The standard InChI is InChI=1S/C16H16F2N2O4S/c1-20(10-16(21)19-13-6-4-3-5-12(13)18)25(22,23)15-9-11(17)7-8-14(15)24-2/h3-9H,10H2,1-2H3,(H,19,21). The smallest absolute Gasteiger partial charge is 0.247 e. The summed E-state index contributed by atoms with van der Waals surface area (Å²) in [7, 11) is -1.79. The van der Waals surface area contributed by atoms with Crippen LogP contribution in [0.2, 0.25) is 0 Å². The summed E-state index contributed by atoms with van der Waals surface area (Å²) in [6.07, 6.45) is 0. The van der Waals surface area contributed by atoms with Crippen molar-refractivity contribution in [2.45, 2.75) is 4.90 Å². The van der Waals surface area contributed by atoms with Crippen molar-refractivity contribution in [2.24, 2.45) is 0 Å². The highest BCUT2D eigenvalue weighted by Crippen LogP contribution is 2.26. The highest BCUT2D eigenvalue weighted by atomic mass is 32.2. The van der Waals surface area contributed by atoms with Gasteiger partial charge in [-0.2, -0.15) is 4.31 Å². The molecule has 0 saturated heterocycles. The van der Waals surface area contributed by atoms with E-state index in [4.69, 9.17) is 4.74 Å². The number of nitrogens with one attached hydrogen (secondary N) is 1. The maximum Gasteiger partial charge on any atom is 0.247 e. The number of hydrogen-bond donors (Lipinski definition) is 1. The molecular weight excluding hydrogens is 354 g/mol. The third kappa shape index (κ3) is 4.31. The van der Waals surface area contributed by atoms with Crippen LogP contribution in [0.1, 0.15) is 0 Å². The Hall–Kier alpha value is -2.52. The molecule has 2 aromatic rings. The third-order valence-corrected chi connectivity index (χ3v) is 5.15. The second-order valence-electron chi connectivity index (χ2n) is 5.08. The third-order valence-electron chi connectivity index (χ3n) is 3.33. The molecular formula is C16H16F2N2O4S. The van der Waals surface area contributed by atoms with Crippen LogP contribution < -0.4 is 10.1 Å². The Labute approximate surface area is 144 Å². The molecule has 0 unspecified atom stereocenters. The quantitative estimate of drug-likeness (QED) is 0.846. The number of methoxy groups -OCH3 is 1. The van der Waals surface area contributed by atoms with Gasteiger partial charge in [0.1, 0.15) is 22.3 Å². The van der Waals surface area contributed by atoms with Crippen LogP contribution in [-0.4, -0.2) is 39.3 Å². The van der Waals surface area contributed by atoms with Crippen molar-refractivity contribution in [3.8, 4) is 5.75 Å². The predicted molar refractivity (Wildman–Crippen MR) is 87.8 cm³/mol. The van der Waals surface area contributed by atoms with Crippen LogP contribution in [0.25, 0.3) is 0 Å². The Balaban J connectivity index is 2.19. The zero-order valence-corrected chi connectivity index (χ0v) is 14.3. The number of sulfonamides is 1. The first kappa shape index (κ1) is 18.8. The van der Waals surface area contributed by atoms with Gasteiger partial charge in [0.15, 0.2) is 0 Å². The summed E-state index contributed by atoms with van der Waals surface area (Å²) in [6, 6.07) is 8.53. The summed E-state index contributed by atoms with van der Waals surface area (Å²) in [6.45, 7) is -0.587. The first-order valence-corrected chi connectivity index (χ1v) is 8.54. The fourth-order valence-electron chi connectivity index (χ4n) is 2.06. The summed E-state index contributed by atoms with van der Waals surface area (Å²) in [4.78, 5) is 11.6. The van der Waals surface area contributed by atoms with Crippen LogP contribution in [0.5, 0.6) is 5.75 Å². The van der Waals surface area contributed by atoms with Gasteiger partial charge < -0.3 is 10.1 Å². The molecule has 1 N–H and O–H groups in total. The fraction of sp³-hybridized carbons (Fsp3) is 0.188. The SMILES string of the molecule is COc1ccc(F)cc1S(=O)(=O)N(C)CC(=O)Nc1ccccc1F.